The third-order valence-electron chi connectivity index (χ3n) is 5.06. The van der Waals surface area contributed by atoms with Crippen molar-refractivity contribution in [3.8, 4) is 17.0 Å². The maximum Gasteiger partial charge on any atom is 0.229 e. The van der Waals surface area contributed by atoms with Crippen molar-refractivity contribution in [3.05, 3.63) is 29.1 Å². The number of hydrogen-bond donors (Lipinski definition) is 1. The Hall–Kier alpha value is -2.41. The van der Waals surface area contributed by atoms with Gasteiger partial charge >= 0.3 is 0 Å². The Labute approximate surface area is 169 Å². The number of piperidine rings is 1. The number of likely N-dealkylation sites (tertiary alicyclic amines) is 1. The van der Waals surface area contributed by atoms with Crippen LogP contribution in [-0.2, 0) is 9.59 Å². The number of amides is 2. The Balaban J connectivity index is 1.61. The number of benzene rings is 1. The number of nitrogens with one attached hydrogen (secondary N) is 1. The summed E-state index contributed by atoms with van der Waals surface area (Å²) in [7, 11) is 1.64. The number of hydrogen-bond acceptors (Lipinski definition) is 5. The van der Waals surface area contributed by atoms with Gasteiger partial charge in [0.2, 0.25) is 11.8 Å². The number of methoxy groups -OCH3 is 1. The summed E-state index contributed by atoms with van der Waals surface area (Å²) in [6.07, 6.45) is 1.39. The third-order valence-corrected chi connectivity index (χ3v) is 5.95. The number of rotatable bonds is 5. The molecule has 3 rings (SSSR count). The highest BCUT2D eigenvalue weighted by molar-refractivity contribution is 7.16. The molecule has 0 atom stereocenters. The fraction of sp³-hybridized carbons (Fsp3) is 0.476. The molecule has 0 radical (unpaired) electrons. The van der Waals surface area contributed by atoms with E-state index in [0.29, 0.717) is 31.1 Å². The van der Waals surface area contributed by atoms with E-state index in [2.05, 4.69) is 10.3 Å². The van der Waals surface area contributed by atoms with Gasteiger partial charge in [0.15, 0.2) is 5.13 Å². The molecular formula is C21H27N3O3S. The number of nitrogens with zero attached hydrogens (tertiary/aromatic N) is 2. The first kappa shape index (κ1) is 20.3. The molecule has 2 aromatic rings. The van der Waals surface area contributed by atoms with Crippen LogP contribution in [0.5, 0.6) is 5.75 Å². The number of carbonyl (C=O) groups is 2. The van der Waals surface area contributed by atoms with Crippen LogP contribution < -0.4 is 10.1 Å². The molecule has 150 valence electrons. The highest BCUT2D eigenvalue weighted by atomic mass is 32.1. The van der Waals surface area contributed by atoms with Crippen LogP contribution in [0, 0.1) is 18.8 Å². The van der Waals surface area contributed by atoms with E-state index in [4.69, 9.17) is 4.74 Å². The van der Waals surface area contributed by atoms with Crippen molar-refractivity contribution < 1.29 is 14.3 Å². The minimum atomic E-state index is -0.0788. The summed E-state index contributed by atoms with van der Waals surface area (Å²) in [5.74, 6) is 0.877. The van der Waals surface area contributed by atoms with E-state index in [0.717, 1.165) is 21.9 Å². The highest BCUT2D eigenvalue weighted by Gasteiger charge is 2.28. The summed E-state index contributed by atoms with van der Waals surface area (Å²) in [5.41, 5.74) is 1.87. The number of ether oxygens (including phenoxy) is 1. The van der Waals surface area contributed by atoms with E-state index in [1.807, 2.05) is 49.9 Å². The average molecular weight is 402 g/mol. The summed E-state index contributed by atoms with van der Waals surface area (Å²) in [4.78, 5) is 32.3. The lowest BCUT2D eigenvalue weighted by Gasteiger charge is -2.32. The molecule has 28 heavy (non-hydrogen) atoms. The van der Waals surface area contributed by atoms with E-state index in [9.17, 15) is 9.59 Å². The van der Waals surface area contributed by atoms with Gasteiger partial charge in [0.05, 0.1) is 12.8 Å². The van der Waals surface area contributed by atoms with Crippen LogP contribution in [0.2, 0.25) is 0 Å². The van der Waals surface area contributed by atoms with Crippen molar-refractivity contribution >= 4 is 28.3 Å². The van der Waals surface area contributed by atoms with Crippen molar-refractivity contribution in [2.45, 2.75) is 33.6 Å². The van der Waals surface area contributed by atoms with E-state index in [1.165, 1.54) is 11.3 Å². The second kappa shape index (κ2) is 8.73. The van der Waals surface area contributed by atoms with Gasteiger partial charge < -0.3 is 15.0 Å². The Morgan fingerprint density at radius 2 is 1.86 bits per heavy atom. The molecule has 1 aliphatic heterocycles. The predicted molar refractivity (Wildman–Crippen MR) is 112 cm³/mol. The van der Waals surface area contributed by atoms with E-state index < -0.39 is 0 Å². The zero-order valence-electron chi connectivity index (χ0n) is 16.8. The SMILES string of the molecule is COc1ccc(-c2nc(NC(=O)C3CCN(C(=O)C(C)C)CC3)sc2C)cc1. The second-order valence-corrected chi connectivity index (χ2v) is 8.60. The topological polar surface area (TPSA) is 71.5 Å². The van der Waals surface area contributed by atoms with Crippen LogP contribution >= 0.6 is 11.3 Å². The fourth-order valence-corrected chi connectivity index (χ4v) is 4.24. The third kappa shape index (κ3) is 4.52. The van der Waals surface area contributed by atoms with Crippen LogP contribution in [0.3, 0.4) is 0 Å². The number of aryl methyl sites for hydroxylation is 1. The molecule has 0 aliphatic carbocycles. The summed E-state index contributed by atoms with van der Waals surface area (Å²) < 4.78 is 5.20. The quantitative estimate of drug-likeness (QED) is 0.823. The Morgan fingerprint density at radius 3 is 2.43 bits per heavy atom. The lowest BCUT2D eigenvalue weighted by Crippen LogP contribution is -2.43. The molecule has 6 nitrogen and oxygen atoms in total. The van der Waals surface area contributed by atoms with Crippen molar-refractivity contribution in [3.63, 3.8) is 0 Å². The largest absolute Gasteiger partial charge is 0.497 e. The summed E-state index contributed by atoms with van der Waals surface area (Å²) in [6.45, 7) is 7.10. The number of anilines is 1. The van der Waals surface area contributed by atoms with Crippen LogP contribution in [0.25, 0.3) is 11.3 Å². The van der Waals surface area contributed by atoms with Crippen molar-refractivity contribution in [2.24, 2.45) is 11.8 Å². The van der Waals surface area contributed by atoms with Gasteiger partial charge in [0.1, 0.15) is 5.75 Å². The van der Waals surface area contributed by atoms with Crippen molar-refractivity contribution in [2.75, 3.05) is 25.5 Å². The number of thiazole rings is 1. The van der Waals surface area contributed by atoms with Crippen molar-refractivity contribution in [1.29, 1.82) is 0 Å². The molecule has 7 heteroatoms. The van der Waals surface area contributed by atoms with Gasteiger partial charge in [-0.25, -0.2) is 4.98 Å². The Bertz CT molecular complexity index is 837. The van der Waals surface area contributed by atoms with Gasteiger partial charge in [-0.1, -0.05) is 13.8 Å². The molecule has 0 bridgehead atoms. The first-order chi connectivity index (χ1) is 13.4. The Morgan fingerprint density at radius 1 is 1.21 bits per heavy atom. The van der Waals surface area contributed by atoms with Gasteiger partial charge in [-0.3, -0.25) is 9.59 Å². The summed E-state index contributed by atoms with van der Waals surface area (Å²) in [5, 5.41) is 3.59. The first-order valence-electron chi connectivity index (χ1n) is 9.60. The standard InChI is InChI=1S/C21H27N3O3S/c1-13(2)20(26)24-11-9-16(10-12-24)19(25)23-21-22-18(14(3)28-21)15-5-7-17(27-4)8-6-15/h5-8,13,16H,9-12H2,1-4H3,(H,22,23,25). The van der Waals surface area contributed by atoms with Crippen LogP contribution in [0.1, 0.15) is 31.6 Å². The summed E-state index contributed by atoms with van der Waals surface area (Å²) >= 11 is 1.48. The molecule has 0 spiro atoms. The molecule has 2 amide bonds. The van der Waals surface area contributed by atoms with Gasteiger partial charge in [0.25, 0.3) is 0 Å². The number of carbonyl (C=O) groups excluding carboxylic acids is 2. The van der Waals surface area contributed by atoms with E-state index in [-0.39, 0.29) is 23.7 Å². The van der Waals surface area contributed by atoms with Crippen molar-refractivity contribution in [1.82, 2.24) is 9.88 Å². The lowest BCUT2D eigenvalue weighted by molar-refractivity contribution is -0.137. The molecule has 1 aromatic carbocycles. The monoisotopic (exact) mass is 401 g/mol. The maximum absolute atomic E-state index is 12.7. The van der Waals surface area contributed by atoms with E-state index in [1.54, 1.807) is 7.11 Å². The van der Waals surface area contributed by atoms with Gasteiger partial charge in [-0.2, -0.15) is 0 Å². The minimum absolute atomic E-state index is 0.0000427. The minimum Gasteiger partial charge on any atom is -0.497 e. The molecule has 1 fully saturated rings. The number of aromatic nitrogens is 1. The van der Waals surface area contributed by atoms with Gasteiger partial charge in [-0.15, -0.1) is 11.3 Å². The molecule has 2 heterocycles. The predicted octanol–water partition coefficient (Wildman–Crippen LogP) is 3.96. The van der Waals surface area contributed by atoms with E-state index >= 15 is 0 Å². The molecular weight excluding hydrogens is 374 g/mol. The molecule has 1 aliphatic rings. The molecule has 1 saturated heterocycles. The molecule has 1 aromatic heterocycles. The van der Waals surface area contributed by atoms with Crippen LogP contribution in [0.4, 0.5) is 5.13 Å². The summed E-state index contributed by atoms with van der Waals surface area (Å²) in [6, 6.07) is 7.74. The van der Waals surface area contributed by atoms with Crippen LogP contribution in [0.15, 0.2) is 24.3 Å². The second-order valence-electron chi connectivity index (χ2n) is 7.40. The first-order valence-corrected chi connectivity index (χ1v) is 10.4. The lowest BCUT2D eigenvalue weighted by atomic mass is 9.95. The normalized spacial score (nSPS) is 15.0. The molecule has 0 saturated carbocycles. The smallest absolute Gasteiger partial charge is 0.229 e. The zero-order valence-corrected chi connectivity index (χ0v) is 17.6. The highest BCUT2D eigenvalue weighted by Crippen LogP contribution is 2.32. The average Bonchev–Trinajstić information content (AvgIpc) is 3.07. The van der Waals surface area contributed by atoms with Crippen LogP contribution in [-0.4, -0.2) is 41.9 Å². The maximum atomic E-state index is 12.7. The molecule has 0 unspecified atom stereocenters. The molecule has 1 N–H and O–H groups in total. The zero-order chi connectivity index (χ0) is 20.3. The van der Waals surface area contributed by atoms with Gasteiger partial charge in [-0.05, 0) is 44.0 Å². The fourth-order valence-electron chi connectivity index (χ4n) is 3.40. The Kier molecular flexibility index (Phi) is 6.34. The van der Waals surface area contributed by atoms with Gasteiger partial charge in [0, 0.05) is 35.4 Å².